The summed E-state index contributed by atoms with van der Waals surface area (Å²) in [6, 6.07) is 13.9. The van der Waals surface area contributed by atoms with Crippen molar-refractivity contribution >= 4 is 27.9 Å². The van der Waals surface area contributed by atoms with Crippen molar-refractivity contribution in [2.24, 2.45) is 0 Å². The lowest BCUT2D eigenvalue weighted by atomic mass is 9.93. The van der Waals surface area contributed by atoms with Crippen LogP contribution in [0.2, 0.25) is 0 Å². The molecule has 0 saturated heterocycles. The van der Waals surface area contributed by atoms with Gasteiger partial charge in [0.05, 0.1) is 24.3 Å². The first kappa shape index (κ1) is 20.4. The van der Waals surface area contributed by atoms with Gasteiger partial charge >= 0.3 is 11.9 Å². The van der Waals surface area contributed by atoms with Gasteiger partial charge in [0.1, 0.15) is 11.3 Å². The minimum atomic E-state index is -0.874. The Balaban J connectivity index is 1.64. The summed E-state index contributed by atoms with van der Waals surface area (Å²) < 4.78 is 22.3. The lowest BCUT2D eigenvalue weighted by Gasteiger charge is -2.18. The maximum absolute atomic E-state index is 12.7. The molecule has 0 aromatic heterocycles. The molecule has 0 fully saturated rings. The Hall–Kier alpha value is -3.52. The van der Waals surface area contributed by atoms with Crippen LogP contribution < -0.4 is 9.47 Å². The maximum Gasteiger partial charge on any atom is 0.343 e. The smallest absolute Gasteiger partial charge is 0.343 e. The number of carbonyl (C=O) groups is 2. The third-order valence-electron chi connectivity index (χ3n) is 5.68. The molecular weight excluding hydrogens is 480 g/mol. The zero-order valence-corrected chi connectivity index (χ0v) is 18.6. The van der Waals surface area contributed by atoms with Gasteiger partial charge in [-0.1, -0.05) is 24.3 Å². The predicted molar refractivity (Wildman–Crippen MR) is 116 cm³/mol. The Bertz CT molecular complexity index is 1280. The second kappa shape index (κ2) is 7.56. The summed E-state index contributed by atoms with van der Waals surface area (Å²) >= 11 is 3.38. The number of phenols is 1. The van der Waals surface area contributed by atoms with Crippen molar-refractivity contribution < 1.29 is 33.6 Å². The van der Waals surface area contributed by atoms with Gasteiger partial charge in [0.15, 0.2) is 23.7 Å². The molecule has 0 spiro atoms. The number of rotatable bonds is 4. The standard InChI is InChI=1S/C24H17BrO7/c1-29-17-8-7-14-18(22(17)30-2)24(28)32-21(14)15-9-11(10-16(25)19(15)26)20-12-5-3-4-6-13(12)23(27)31-20/h3-10,20-21,26H,1-2H3. The molecule has 2 aliphatic rings. The topological polar surface area (TPSA) is 91.3 Å². The second-order valence-electron chi connectivity index (χ2n) is 7.36. The lowest BCUT2D eigenvalue weighted by molar-refractivity contribution is 0.0450. The lowest BCUT2D eigenvalue weighted by Crippen LogP contribution is -2.06. The molecule has 8 heteroatoms. The number of ether oxygens (including phenoxy) is 4. The van der Waals surface area contributed by atoms with Crippen LogP contribution in [0.4, 0.5) is 0 Å². The monoisotopic (exact) mass is 496 g/mol. The van der Waals surface area contributed by atoms with E-state index in [9.17, 15) is 14.7 Å². The van der Waals surface area contributed by atoms with Crippen molar-refractivity contribution in [2.75, 3.05) is 14.2 Å². The predicted octanol–water partition coefficient (Wildman–Crippen LogP) is 4.69. The minimum Gasteiger partial charge on any atom is -0.506 e. The Morgan fingerprint density at radius 3 is 2.38 bits per heavy atom. The van der Waals surface area contributed by atoms with E-state index in [0.29, 0.717) is 32.5 Å². The molecular formula is C24H17BrO7. The third kappa shape index (κ3) is 2.94. The molecule has 0 bridgehead atoms. The van der Waals surface area contributed by atoms with Crippen LogP contribution in [0.3, 0.4) is 0 Å². The molecule has 5 rings (SSSR count). The van der Waals surface area contributed by atoms with Crippen molar-refractivity contribution in [3.63, 3.8) is 0 Å². The van der Waals surface area contributed by atoms with E-state index >= 15 is 0 Å². The largest absolute Gasteiger partial charge is 0.506 e. The van der Waals surface area contributed by atoms with Crippen LogP contribution in [0.25, 0.3) is 0 Å². The Morgan fingerprint density at radius 1 is 0.875 bits per heavy atom. The number of aromatic hydroxyl groups is 1. The Labute approximate surface area is 191 Å². The van der Waals surface area contributed by atoms with E-state index in [1.807, 2.05) is 12.1 Å². The fourth-order valence-corrected chi connectivity index (χ4v) is 4.71. The van der Waals surface area contributed by atoms with Crippen LogP contribution in [0.15, 0.2) is 53.0 Å². The van der Waals surface area contributed by atoms with Gasteiger partial charge in [0.2, 0.25) is 0 Å². The van der Waals surface area contributed by atoms with Gasteiger partial charge in [-0.3, -0.25) is 0 Å². The summed E-state index contributed by atoms with van der Waals surface area (Å²) in [6.07, 6.45) is -1.52. The summed E-state index contributed by atoms with van der Waals surface area (Å²) in [7, 11) is 2.93. The van der Waals surface area contributed by atoms with Crippen molar-refractivity contribution in [2.45, 2.75) is 12.2 Å². The number of methoxy groups -OCH3 is 2. The van der Waals surface area contributed by atoms with Crippen LogP contribution in [0, 0.1) is 0 Å². The van der Waals surface area contributed by atoms with E-state index in [4.69, 9.17) is 18.9 Å². The zero-order chi connectivity index (χ0) is 22.6. The van der Waals surface area contributed by atoms with Gasteiger partial charge in [0.25, 0.3) is 0 Å². The molecule has 3 aromatic rings. The number of phenolic OH excluding ortho intramolecular Hbond substituents is 1. The van der Waals surface area contributed by atoms with Gasteiger partial charge in [-0.05, 0) is 45.8 Å². The molecule has 32 heavy (non-hydrogen) atoms. The number of hydrogen-bond acceptors (Lipinski definition) is 7. The number of hydrogen-bond donors (Lipinski definition) is 1. The molecule has 2 unspecified atom stereocenters. The van der Waals surface area contributed by atoms with E-state index in [-0.39, 0.29) is 17.1 Å². The van der Waals surface area contributed by atoms with E-state index in [1.165, 1.54) is 14.2 Å². The van der Waals surface area contributed by atoms with E-state index in [2.05, 4.69) is 15.9 Å². The summed E-state index contributed by atoms with van der Waals surface area (Å²) in [5, 5.41) is 10.8. The number of fused-ring (bicyclic) bond motifs is 2. The first-order valence-electron chi connectivity index (χ1n) is 9.72. The molecule has 1 N–H and O–H groups in total. The fourth-order valence-electron chi connectivity index (χ4n) is 4.22. The number of cyclic esters (lactones) is 2. The molecule has 0 saturated carbocycles. The van der Waals surface area contributed by atoms with Gasteiger partial charge in [-0.2, -0.15) is 0 Å². The number of halogens is 1. The van der Waals surface area contributed by atoms with Crippen molar-refractivity contribution in [3.8, 4) is 17.2 Å². The van der Waals surface area contributed by atoms with Crippen molar-refractivity contribution in [1.82, 2.24) is 0 Å². The number of esters is 2. The van der Waals surface area contributed by atoms with Crippen molar-refractivity contribution in [3.05, 3.63) is 86.4 Å². The van der Waals surface area contributed by atoms with Crippen molar-refractivity contribution in [1.29, 1.82) is 0 Å². The Morgan fingerprint density at radius 2 is 1.62 bits per heavy atom. The first-order valence-corrected chi connectivity index (χ1v) is 10.5. The average Bonchev–Trinajstić information content (AvgIpc) is 3.32. The zero-order valence-electron chi connectivity index (χ0n) is 17.0. The highest BCUT2D eigenvalue weighted by Gasteiger charge is 2.39. The third-order valence-corrected chi connectivity index (χ3v) is 6.28. The molecule has 7 nitrogen and oxygen atoms in total. The highest BCUT2D eigenvalue weighted by Crippen LogP contribution is 2.48. The molecule has 0 aliphatic carbocycles. The van der Waals surface area contributed by atoms with Crippen LogP contribution in [0.1, 0.15) is 55.2 Å². The summed E-state index contributed by atoms with van der Waals surface area (Å²) in [5.41, 5.74) is 3.00. The van der Waals surface area contributed by atoms with Gasteiger partial charge < -0.3 is 24.1 Å². The maximum atomic E-state index is 12.7. The SMILES string of the molecule is COc1ccc2c(c1OC)C(=O)OC2c1cc(C2OC(=O)c3ccccc32)cc(Br)c1O. The molecule has 162 valence electrons. The molecule has 2 heterocycles. The van der Waals surface area contributed by atoms with E-state index in [0.717, 1.165) is 5.56 Å². The molecule has 2 aliphatic heterocycles. The van der Waals surface area contributed by atoms with Crippen LogP contribution >= 0.6 is 15.9 Å². The van der Waals surface area contributed by atoms with E-state index in [1.54, 1.807) is 36.4 Å². The molecule has 0 radical (unpaired) electrons. The Kier molecular flexibility index (Phi) is 4.82. The number of benzene rings is 3. The molecule has 3 aromatic carbocycles. The summed E-state index contributed by atoms with van der Waals surface area (Å²) in [6.45, 7) is 0. The first-order chi connectivity index (χ1) is 15.4. The minimum absolute atomic E-state index is 0.0770. The second-order valence-corrected chi connectivity index (χ2v) is 8.22. The summed E-state index contributed by atoms with van der Waals surface area (Å²) in [4.78, 5) is 25.0. The van der Waals surface area contributed by atoms with Gasteiger partial charge in [-0.15, -0.1) is 0 Å². The fraction of sp³-hybridized carbons (Fsp3) is 0.167. The van der Waals surface area contributed by atoms with Gasteiger partial charge in [-0.25, -0.2) is 9.59 Å². The summed E-state index contributed by atoms with van der Waals surface area (Å²) in [5.74, 6) is -0.403. The highest BCUT2D eigenvalue weighted by atomic mass is 79.9. The normalized spacial score (nSPS) is 18.6. The molecule has 2 atom stereocenters. The van der Waals surface area contributed by atoms with E-state index < -0.39 is 24.1 Å². The highest BCUT2D eigenvalue weighted by molar-refractivity contribution is 9.10. The van der Waals surface area contributed by atoms with Crippen LogP contribution in [0.5, 0.6) is 17.2 Å². The quantitative estimate of drug-likeness (QED) is 0.523. The van der Waals surface area contributed by atoms with Crippen LogP contribution in [-0.4, -0.2) is 31.3 Å². The molecule has 0 amide bonds. The van der Waals surface area contributed by atoms with Crippen LogP contribution in [-0.2, 0) is 9.47 Å². The number of carbonyl (C=O) groups excluding carboxylic acids is 2. The average molecular weight is 497 g/mol. The van der Waals surface area contributed by atoms with Gasteiger partial charge in [0, 0.05) is 16.7 Å².